The summed E-state index contributed by atoms with van der Waals surface area (Å²) in [6, 6.07) is 20.0. The van der Waals surface area contributed by atoms with Crippen LogP contribution in [0.1, 0.15) is 11.1 Å². The summed E-state index contributed by atoms with van der Waals surface area (Å²) in [4.78, 5) is 0. The molecule has 0 aromatic heterocycles. The van der Waals surface area contributed by atoms with Crippen molar-refractivity contribution < 1.29 is 0 Å². The van der Waals surface area contributed by atoms with Crippen LogP contribution in [-0.4, -0.2) is 14.8 Å². The van der Waals surface area contributed by atoms with Crippen molar-refractivity contribution in [2.24, 2.45) is 0 Å². The quantitative estimate of drug-likeness (QED) is 0.599. The average Bonchev–Trinajstić information content (AvgIpc) is 2.37. The first-order valence-corrected chi connectivity index (χ1v) is 15.5. The zero-order valence-corrected chi connectivity index (χ0v) is 14.0. The van der Waals surface area contributed by atoms with Gasteiger partial charge in [-0.1, -0.05) is 0 Å². The number of hydrogen-bond donors (Lipinski definition) is 0. The van der Waals surface area contributed by atoms with Gasteiger partial charge in [-0.05, 0) is 0 Å². The van der Waals surface area contributed by atoms with Gasteiger partial charge in [-0.3, -0.25) is 0 Å². The molecule has 0 saturated heterocycles. The molecular weight excluding hydrogens is 402 g/mol. The molecule has 2 rings (SSSR count). The molecule has 2 aromatic rings. The first-order valence-electron chi connectivity index (χ1n) is 5.31. The van der Waals surface area contributed by atoms with Crippen LogP contribution < -0.4 is 0 Å². The molecule has 0 fully saturated rings. The minimum absolute atomic E-state index is 0.998. The predicted octanol–water partition coefficient (Wildman–Crippen LogP) is 5.31. The van der Waals surface area contributed by atoms with E-state index in [-0.39, 0.29) is 0 Å². The fraction of sp³-hybridized carbons (Fsp3) is 0. The molecule has 0 heterocycles. The van der Waals surface area contributed by atoms with Crippen LogP contribution in [0.15, 0.2) is 64.8 Å². The van der Waals surface area contributed by atoms with Gasteiger partial charge in [0.1, 0.15) is 0 Å². The van der Waals surface area contributed by atoms with Crippen molar-refractivity contribution in [3.63, 3.8) is 0 Å². The van der Waals surface area contributed by atoms with Gasteiger partial charge in [0.2, 0.25) is 0 Å². The molecule has 0 saturated carbocycles. The number of benzene rings is 2. The molecule has 0 aliphatic rings. The van der Waals surface area contributed by atoms with Crippen molar-refractivity contribution in [2.45, 2.75) is 0 Å². The Morgan fingerprint density at radius 1 is 0.722 bits per heavy atom. The molecule has 0 N–H and O–H groups in total. The third-order valence-corrected chi connectivity index (χ3v) is 5.65. The van der Waals surface area contributed by atoms with E-state index in [0.29, 0.717) is 0 Å². The maximum absolute atomic E-state index is 6.07. The molecule has 0 aliphatic heterocycles. The monoisotopic (exact) mass is 414 g/mol. The van der Waals surface area contributed by atoms with Crippen molar-refractivity contribution in [3.8, 4) is 0 Å². The van der Waals surface area contributed by atoms with Crippen molar-refractivity contribution in [1.82, 2.24) is 0 Å². The van der Waals surface area contributed by atoms with Gasteiger partial charge in [-0.15, -0.1) is 0 Å². The van der Waals surface area contributed by atoms with Crippen LogP contribution >= 0.6 is 26.9 Å². The Morgan fingerprint density at radius 2 is 1.11 bits per heavy atom. The van der Waals surface area contributed by atoms with Gasteiger partial charge in [0.25, 0.3) is 0 Å². The zero-order chi connectivity index (χ0) is 13.0. The van der Waals surface area contributed by atoms with E-state index in [1.807, 2.05) is 64.8 Å². The molecule has 2 aromatic carbocycles. The normalized spacial score (nSPS) is 11.9. The molecule has 18 heavy (non-hydrogen) atoms. The topological polar surface area (TPSA) is 0 Å². The molecule has 0 atom stereocenters. The fourth-order valence-electron chi connectivity index (χ4n) is 1.67. The third kappa shape index (κ3) is 4.19. The molecule has 4 heteroatoms. The van der Waals surface area contributed by atoms with Crippen molar-refractivity contribution in [3.05, 3.63) is 75.9 Å². The van der Waals surface area contributed by atoms with Gasteiger partial charge in [0.15, 0.2) is 0 Å². The number of hydrogen-bond acceptors (Lipinski definition) is 0. The second-order valence-electron chi connectivity index (χ2n) is 3.71. The van der Waals surface area contributed by atoms with Gasteiger partial charge in [0.05, 0.1) is 0 Å². The van der Waals surface area contributed by atoms with E-state index in [0.717, 1.165) is 16.7 Å². The average molecular weight is 413 g/mol. The van der Waals surface area contributed by atoms with Crippen LogP contribution in [0.5, 0.6) is 0 Å². The molecular formula is C14H11Cl3Te. The van der Waals surface area contributed by atoms with E-state index in [1.54, 1.807) is 0 Å². The molecule has 0 radical (unpaired) electrons. The minimum atomic E-state index is -3.35. The van der Waals surface area contributed by atoms with Crippen LogP contribution in [0.3, 0.4) is 0 Å². The Labute approximate surface area is 122 Å². The molecule has 0 spiro atoms. The predicted molar refractivity (Wildman–Crippen MR) is 83.3 cm³/mol. The Morgan fingerprint density at radius 3 is 1.44 bits per heavy atom. The number of rotatable bonds is 3. The van der Waals surface area contributed by atoms with E-state index >= 15 is 0 Å². The van der Waals surface area contributed by atoms with E-state index in [4.69, 9.17) is 26.9 Å². The van der Waals surface area contributed by atoms with E-state index < -0.39 is 14.8 Å². The maximum atomic E-state index is 6.07. The molecule has 94 valence electrons. The SMILES string of the molecule is Cl[Te](Cl)(Cl)C=C(c1ccccc1)c1ccccc1. The molecule has 0 bridgehead atoms. The Kier molecular flexibility index (Phi) is 5.01. The fourth-order valence-corrected chi connectivity index (χ4v) is 5.00. The molecule has 0 nitrogen and oxygen atoms in total. The summed E-state index contributed by atoms with van der Waals surface area (Å²) in [5, 5.41) is 0. The summed E-state index contributed by atoms with van der Waals surface area (Å²) in [5.74, 6) is 0. The van der Waals surface area contributed by atoms with E-state index in [2.05, 4.69) is 0 Å². The van der Waals surface area contributed by atoms with Crippen LogP contribution in [0, 0.1) is 0 Å². The molecule has 0 unspecified atom stereocenters. The van der Waals surface area contributed by atoms with E-state index in [9.17, 15) is 0 Å². The molecule has 0 aliphatic carbocycles. The third-order valence-electron chi connectivity index (χ3n) is 2.42. The first kappa shape index (κ1) is 14.3. The van der Waals surface area contributed by atoms with Gasteiger partial charge in [0, 0.05) is 0 Å². The summed E-state index contributed by atoms with van der Waals surface area (Å²) in [7, 11) is 18.2. The van der Waals surface area contributed by atoms with E-state index in [1.165, 1.54) is 0 Å². The summed E-state index contributed by atoms with van der Waals surface area (Å²) < 4.78 is 1.83. The second-order valence-corrected chi connectivity index (χ2v) is 19.9. The van der Waals surface area contributed by atoms with Gasteiger partial charge in [-0.2, -0.15) is 0 Å². The van der Waals surface area contributed by atoms with Crippen molar-refractivity contribution >= 4 is 47.3 Å². The van der Waals surface area contributed by atoms with Crippen LogP contribution in [0.25, 0.3) is 5.57 Å². The summed E-state index contributed by atoms with van der Waals surface area (Å²) in [6.07, 6.45) is 0. The Balaban J connectivity index is 2.53. The zero-order valence-electron chi connectivity index (χ0n) is 9.39. The summed E-state index contributed by atoms with van der Waals surface area (Å²) in [5.41, 5.74) is 3.14. The molecule has 0 amide bonds. The van der Waals surface area contributed by atoms with Crippen LogP contribution in [0.2, 0.25) is 0 Å². The van der Waals surface area contributed by atoms with Gasteiger partial charge >= 0.3 is 123 Å². The Bertz CT molecular complexity index is 488. The summed E-state index contributed by atoms with van der Waals surface area (Å²) >= 11 is -3.35. The second kappa shape index (κ2) is 6.33. The summed E-state index contributed by atoms with van der Waals surface area (Å²) in [6.45, 7) is 0. The van der Waals surface area contributed by atoms with Crippen LogP contribution in [0.4, 0.5) is 0 Å². The van der Waals surface area contributed by atoms with Crippen molar-refractivity contribution in [2.75, 3.05) is 0 Å². The van der Waals surface area contributed by atoms with Gasteiger partial charge in [-0.25, -0.2) is 0 Å². The Hall–Kier alpha value is -0.160. The first-order chi connectivity index (χ1) is 8.56. The standard InChI is InChI=1S/C14H11Cl3Te/c15-18(16,17)11-14(12-7-3-1-4-8-12)13-9-5-2-6-10-13/h1-11H. The van der Waals surface area contributed by atoms with Crippen LogP contribution in [-0.2, 0) is 0 Å². The number of halogens is 3. The van der Waals surface area contributed by atoms with Crippen molar-refractivity contribution in [1.29, 1.82) is 0 Å². The van der Waals surface area contributed by atoms with Gasteiger partial charge < -0.3 is 0 Å².